The van der Waals surface area contributed by atoms with Gasteiger partial charge in [-0.1, -0.05) is 0 Å². The first-order valence-corrected chi connectivity index (χ1v) is 6.71. The molecule has 1 aromatic heterocycles. The molecule has 104 valence electrons. The SMILES string of the molecule is O=Cc1cc(F)c(Sc2n[nH]c(=O)n2C2CC2)c(F)c1. The number of hydrogen-bond acceptors (Lipinski definition) is 4. The molecule has 1 N–H and O–H groups in total. The molecule has 2 aromatic rings. The quantitative estimate of drug-likeness (QED) is 0.878. The van der Waals surface area contributed by atoms with Crippen molar-refractivity contribution in [1.82, 2.24) is 14.8 Å². The summed E-state index contributed by atoms with van der Waals surface area (Å²) in [5.74, 6) is -1.70. The van der Waals surface area contributed by atoms with Crippen LogP contribution in [0.5, 0.6) is 0 Å². The van der Waals surface area contributed by atoms with E-state index >= 15 is 0 Å². The molecule has 0 unspecified atom stereocenters. The number of benzene rings is 1. The highest BCUT2D eigenvalue weighted by atomic mass is 32.2. The monoisotopic (exact) mass is 297 g/mol. The van der Waals surface area contributed by atoms with Gasteiger partial charge < -0.3 is 0 Å². The summed E-state index contributed by atoms with van der Waals surface area (Å²) in [6.07, 6.45) is 2.07. The summed E-state index contributed by atoms with van der Waals surface area (Å²) in [6, 6.07) is 1.94. The Morgan fingerprint density at radius 3 is 2.55 bits per heavy atom. The number of hydrogen-bond donors (Lipinski definition) is 1. The van der Waals surface area contributed by atoms with Crippen molar-refractivity contribution in [2.45, 2.75) is 28.9 Å². The normalized spacial score (nSPS) is 14.5. The van der Waals surface area contributed by atoms with Crippen molar-refractivity contribution in [3.63, 3.8) is 0 Å². The van der Waals surface area contributed by atoms with E-state index in [0.29, 0.717) is 6.29 Å². The zero-order valence-corrected chi connectivity index (χ0v) is 10.9. The molecule has 1 heterocycles. The fraction of sp³-hybridized carbons (Fsp3) is 0.250. The zero-order chi connectivity index (χ0) is 14.3. The predicted molar refractivity (Wildman–Crippen MR) is 67.0 cm³/mol. The van der Waals surface area contributed by atoms with E-state index < -0.39 is 11.6 Å². The maximum absolute atomic E-state index is 13.8. The fourth-order valence-corrected chi connectivity index (χ4v) is 2.77. The Hall–Kier alpha value is -1.96. The Balaban J connectivity index is 1.99. The second-order valence-electron chi connectivity index (χ2n) is 4.45. The van der Waals surface area contributed by atoms with Gasteiger partial charge in [0, 0.05) is 11.6 Å². The van der Waals surface area contributed by atoms with Gasteiger partial charge in [-0.25, -0.2) is 18.7 Å². The van der Waals surface area contributed by atoms with Crippen LogP contribution in [0.4, 0.5) is 8.78 Å². The summed E-state index contributed by atoms with van der Waals surface area (Å²) in [4.78, 5) is 21.8. The lowest BCUT2D eigenvalue weighted by atomic mass is 10.2. The summed E-state index contributed by atoms with van der Waals surface area (Å²) in [6.45, 7) is 0. The first-order valence-electron chi connectivity index (χ1n) is 5.89. The molecule has 1 aliphatic carbocycles. The van der Waals surface area contributed by atoms with Crippen molar-refractivity contribution in [2.24, 2.45) is 0 Å². The molecule has 0 radical (unpaired) electrons. The van der Waals surface area contributed by atoms with Gasteiger partial charge in [0.2, 0.25) is 0 Å². The van der Waals surface area contributed by atoms with Gasteiger partial charge in [-0.15, -0.1) is 5.10 Å². The Labute approximate surface area is 116 Å². The average Bonchev–Trinajstić information content (AvgIpc) is 3.18. The molecular weight excluding hydrogens is 288 g/mol. The third kappa shape index (κ3) is 2.26. The largest absolute Gasteiger partial charge is 0.344 e. The van der Waals surface area contributed by atoms with Gasteiger partial charge in [0.25, 0.3) is 0 Å². The highest BCUT2D eigenvalue weighted by Gasteiger charge is 2.29. The maximum Gasteiger partial charge on any atom is 0.344 e. The van der Waals surface area contributed by atoms with Gasteiger partial charge in [-0.2, -0.15) is 0 Å². The van der Waals surface area contributed by atoms with Crippen LogP contribution < -0.4 is 5.69 Å². The first-order chi connectivity index (χ1) is 9.60. The van der Waals surface area contributed by atoms with E-state index in [2.05, 4.69) is 10.2 Å². The predicted octanol–water partition coefficient (Wildman–Crippen LogP) is 2.15. The lowest BCUT2D eigenvalue weighted by Gasteiger charge is -2.06. The molecule has 1 saturated carbocycles. The number of aldehydes is 1. The Kier molecular flexibility index (Phi) is 3.17. The van der Waals surface area contributed by atoms with Crippen LogP contribution in [0.25, 0.3) is 0 Å². The van der Waals surface area contributed by atoms with Crippen LogP contribution in [0.3, 0.4) is 0 Å². The van der Waals surface area contributed by atoms with Crippen LogP contribution in [0.2, 0.25) is 0 Å². The van der Waals surface area contributed by atoms with Gasteiger partial charge in [0.05, 0.1) is 4.90 Å². The summed E-state index contributed by atoms with van der Waals surface area (Å²) in [5.41, 5.74) is -0.466. The minimum Gasteiger partial charge on any atom is -0.298 e. The van der Waals surface area contributed by atoms with Crippen LogP contribution in [-0.4, -0.2) is 21.1 Å². The molecule has 0 amide bonds. The molecule has 0 atom stereocenters. The highest BCUT2D eigenvalue weighted by Crippen LogP contribution is 2.38. The Bertz CT molecular complexity index is 714. The maximum atomic E-state index is 13.8. The number of halogens is 2. The van der Waals surface area contributed by atoms with Crippen molar-refractivity contribution in [2.75, 3.05) is 0 Å². The zero-order valence-electron chi connectivity index (χ0n) is 10.1. The van der Waals surface area contributed by atoms with Gasteiger partial charge in [-0.3, -0.25) is 9.36 Å². The van der Waals surface area contributed by atoms with E-state index in [-0.39, 0.29) is 27.3 Å². The molecule has 1 aromatic carbocycles. The third-order valence-electron chi connectivity index (χ3n) is 2.93. The fourth-order valence-electron chi connectivity index (χ4n) is 1.85. The number of aromatic nitrogens is 3. The highest BCUT2D eigenvalue weighted by molar-refractivity contribution is 7.99. The number of aromatic amines is 1. The van der Waals surface area contributed by atoms with Crippen LogP contribution in [0, 0.1) is 11.6 Å². The molecule has 8 heteroatoms. The smallest absolute Gasteiger partial charge is 0.298 e. The van der Waals surface area contributed by atoms with Crippen LogP contribution >= 0.6 is 11.8 Å². The topological polar surface area (TPSA) is 67.8 Å². The van der Waals surface area contributed by atoms with Gasteiger partial charge >= 0.3 is 5.69 Å². The molecule has 0 spiro atoms. The number of rotatable bonds is 4. The lowest BCUT2D eigenvalue weighted by Crippen LogP contribution is -2.16. The first kappa shape index (κ1) is 13.0. The minimum absolute atomic E-state index is 0.0455. The molecule has 0 bridgehead atoms. The number of nitrogens with zero attached hydrogens (tertiary/aromatic N) is 2. The van der Waals surface area contributed by atoms with Crippen LogP contribution in [0.1, 0.15) is 29.2 Å². The molecular formula is C12H9F2N3O2S. The molecule has 0 aliphatic heterocycles. The van der Waals surface area contributed by atoms with E-state index in [4.69, 9.17) is 0 Å². The average molecular weight is 297 g/mol. The number of carbonyl (C=O) groups excluding carboxylic acids is 1. The molecule has 1 fully saturated rings. The standard InChI is InChI=1S/C12H9F2N3O2S/c13-8-3-6(5-18)4-9(14)10(8)20-12-16-15-11(19)17(12)7-1-2-7/h3-5,7H,1-2H2,(H,15,19). The van der Waals surface area contributed by atoms with Gasteiger partial charge in [-0.05, 0) is 36.7 Å². The summed E-state index contributed by atoms with van der Waals surface area (Å²) in [7, 11) is 0. The molecule has 5 nitrogen and oxygen atoms in total. The summed E-state index contributed by atoms with van der Waals surface area (Å²) < 4.78 is 29.0. The molecule has 20 heavy (non-hydrogen) atoms. The summed E-state index contributed by atoms with van der Waals surface area (Å²) in [5, 5.41) is 6.28. The van der Waals surface area contributed by atoms with E-state index in [1.54, 1.807) is 0 Å². The van der Waals surface area contributed by atoms with Crippen molar-refractivity contribution >= 4 is 18.0 Å². The van der Waals surface area contributed by atoms with Crippen molar-refractivity contribution in [1.29, 1.82) is 0 Å². The van der Waals surface area contributed by atoms with E-state index in [1.165, 1.54) is 4.57 Å². The minimum atomic E-state index is -0.852. The van der Waals surface area contributed by atoms with Crippen LogP contribution in [-0.2, 0) is 0 Å². The van der Waals surface area contributed by atoms with Crippen molar-refractivity contribution in [3.8, 4) is 0 Å². The Morgan fingerprint density at radius 2 is 2.00 bits per heavy atom. The van der Waals surface area contributed by atoms with Gasteiger partial charge in [0.15, 0.2) is 5.16 Å². The summed E-state index contributed by atoms with van der Waals surface area (Å²) >= 11 is 0.730. The lowest BCUT2D eigenvalue weighted by molar-refractivity contribution is 0.112. The van der Waals surface area contributed by atoms with E-state index in [0.717, 1.165) is 36.7 Å². The number of carbonyl (C=O) groups is 1. The number of H-pyrrole nitrogens is 1. The van der Waals surface area contributed by atoms with E-state index in [1.807, 2.05) is 0 Å². The van der Waals surface area contributed by atoms with Crippen molar-refractivity contribution < 1.29 is 13.6 Å². The Morgan fingerprint density at radius 1 is 1.35 bits per heavy atom. The molecule has 3 rings (SSSR count). The second kappa shape index (κ2) is 4.86. The second-order valence-corrected chi connectivity index (χ2v) is 5.42. The molecule has 0 saturated heterocycles. The number of nitrogens with one attached hydrogen (secondary N) is 1. The van der Waals surface area contributed by atoms with E-state index in [9.17, 15) is 18.4 Å². The van der Waals surface area contributed by atoms with Crippen molar-refractivity contribution in [3.05, 3.63) is 39.8 Å². The van der Waals surface area contributed by atoms with Crippen LogP contribution in [0.15, 0.2) is 27.0 Å². The van der Waals surface area contributed by atoms with Gasteiger partial charge in [0.1, 0.15) is 17.9 Å². The molecule has 1 aliphatic rings. The third-order valence-corrected chi connectivity index (χ3v) is 4.00.